The van der Waals surface area contributed by atoms with Crippen molar-refractivity contribution in [2.24, 2.45) is 10.8 Å². The van der Waals surface area contributed by atoms with Gasteiger partial charge in [0, 0.05) is 70.4 Å². The largest absolute Gasteiger partial charge is 0.744 e. The summed E-state index contributed by atoms with van der Waals surface area (Å²) < 4.78 is 66.5. The van der Waals surface area contributed by atoms with Gasteiger partial charge < -0.3 is 30.4 Å². The molecule has 4 amide bonds. The molecule has 4 N–H and O–H groups in total. The monoisotopic (exact) mass is 1020 g/mol. The van der Waals surface area contributed by atoms with E-state index in [4.69, 9.17) is 0 Å². The number of aryl methyl sites for hydroxylation is 4. The number of benzene rings is 4. The van der Waals surface area contributed by atoms with Gasteiger partial charge in [0.05, 0.1) is 21.2 Å². The standard InChI is InChI=1S/C40H44N6O4.2C7H8O3S/c1-3-23-45-25-13-33(14-26-45)41-35(47)29-5-9-31(10-6-29)43-37(49)39-17-20-40(21-18-39,22-19-39)38(50)44-32-11-7-30(8-12-32)36(48)42-34-15-27-46(24-4-2)28-16-34;2*1-6-2-4-7(5-3-6)11(8,9)10/h5-16,25-28H,3-4,17-24H2,1-2H3,(H2,43,44,47,48,49,50);2*2-5H,1H3,(H,8,9,10). The van der Waals surface area contributed by atoms with Crippen LogP contribution >= 0.6 is 0 Å². The molecule has 4 aromatic carbocycles. The van der Waals surface area contributed by atoms with Crippen LogP contribution in [0.25, 0.3) is 0 Å². The number of fused-ring (bicyclic) bond motifs is 3. The Morgan fingerprint density at radius 3 is 0.986 bits per heavy atom. The van der Waals surface area contributed by atoms with Crippen molar-refractivity contribution in [3.8, 4) is 0 Å². The minimum Gasteiger partial charge on any atom is -0.744 e. The fourth-order valence-electron chi connectivity index (χ4n) is 8.52. The van der Waals surface area contributed by atoms with E-state index >= 15 is 0 Å². The minimum absolute atomic E-state index is 0.0300. The first-order valence-corrected chi connectivity index (χ1v) is 26.5. The molecule has 0 unspecified atom stereocenters. The number of aromatic nitrogens is 2. The summed E-state index contributed by atoms with van der Waals surface area (Å²) in [6, 6.07) is 32.9. The summed E-state index contributed by atoms with van der Waals surface area (Å²) >= 11 is 0. The lowest BCUT2D eigenvalue weighted by Gasteiger charge is -2.51. The second-order valence-electron chi connectivity index (χ2n) is 18.2. The Bertz CT molecular complexity index is 2820. The quantitative estimate of drug-likeness (QED) is 0.0601. The summed E-state index contributed by atoms with van der Waals surface area (Å²) in [5, 5.41) is 12.0. The van der Waals surface area contributed by atoms with Gasteiger partial charge in [-0.3, -0.25) is 19.2 Å². The maximum absolute atomic E-state index is 13.6. The Balaban J connectivity index is 0.000000315. The maximum atomic E-state index is 13.6. The maximum Gasteiger partial charge on any atom is 0.255 e. The van der Waals surface area contributed by atoms with E-state index in [9.17, 15) is 45.1 Å². The second kappa shape index (κ2) is 23.9. The molecule has 9 rings (SSSR count). The van der Waals surface area contributed by atoms with Crippen molar-refractivity contribution < 1.29 is 54.3 Å². The highest BCUT2D eigenvalue weighted by molar-refractivity contribution is 7.86. The summed E-state index contributed by atoms with van der Waals surface area (Å²) in [7, 11) is -8.54. The van der Waals surface area contributed by atoms with Gasteiger partial charge in [0.1, 0.15) is 33.3 Å². The van der Waals surface area contributed by atoms with Crippen LogP contribution < -0.4 is 30.4 Å². The van der Waals surface area contributed by atoms with E-state index in [1.54, 1.807) is 72.8 Å². The minimum atomic E-state index is -4.27. The van der Waals surface area contributed by atoms with Crippen LogP contribution in [-0.2, 0) is 42.9 Å². The van der Waals surface area contributed by atoms with Crippen molar-refractivity contribution in [2.45, 2.75) is 102 Å². The molecule has 18 heteroatoms. The molecule has 0 atom stereocenters. The van der Waals surface area contributed by atoms with Crippen molar-refractivity contribution in [1.82, 2.24) is 0 Å². The lowest BCUT2D eigenvalue weighted by atomic mass is 9.53. The van der Waals surface area contributed by atoms with Gasteiger partial charge in [-0.2, -0.15) is 0 Å². The van der Waals surface area contributed by atoms with E-state index in [2.05, 4.69) is 44.2 Å². The lowest BCUT2D eigenvalue weighted by molar-refractivity contribution is -0.697. The normalized spacial score (nSPS) is 16.9. The second-order valence-corrected chi connectivity index (χ2v) is 21.0. The third-order valence-corrected chi connectivity index (χ3v) is 14.6. The number of hydrogen-bond donors (Lipinski definition) is 4. The highest BCUT2D eigenvalue weighted by Crippen LogP contribution is 2.57. The molecule has 72 heavy (non-hydrogen) atoms. The molecule has 2 bridgehead atoms. The number of anilines is 4. The fraction of sp³-hybridized carbons (Fsp3) is 0.296. The van der Waals surface area contributed by atoms with Crippen molar-refractivity contribution >= 4 is 66.6 Å². The zero-order chi connectivity index (χ0) is 52.1. The predicted molar refractivity (Wildman–Crippen MR) is 271 cm³/mol. The molecule has 2 heterocycles. The Morgan fingerprint density at radius 2 is 0.722 bits per heavy atom. The first-order valence-electron chi connectivity index (χ1n) is 23.7. The molecule has 378 valence electrons. The SMILES string of the molecule is CCC[n+]1ccc(NC(=O)c2ccc(NC(=O)C34CCC(C(=O)Nc5ccc(C(=O)Nc6cc[n+](CCC)cc6)cc5)(CC3)CC4)cc2)cc1.Cc1ccc(S(=O)(=O)[O-])cc1.Cc1ccc(S(=O)(=O)[O-])cc1. The highest BCUT2D eigenvalue weighted by Gasteiger charge is 2.55. The van der Waals surface area contributed by atoms with Gasteiger partial charge in [0.25, 0.3) is 11.8 Å². The van der Waals surface area contributed by atoms with Gasteiger partial charge in [-0.15, -0.1) is 0 Å². The van der Waals surface area contributed by atoms with E-state index in [0.717, 1.165) is 48.4 Å². The van der Waals surface area contributed by atoms with Crippen LogP contribution in [0.5, 0.6) is 0 Å². The van der Waals surface area contributed by atoms with Gasteiger partial charge in [0.15, 0.2) is 24.8 Å². The fourth-order valence-corrected chi connectivity index (χ4v) is 9.46. The number of hydrogen-bond acceptors (Lipinski definition) is 10. The van der Waals surface area contributed by atoms with Crippen LogP contribution in [0.2, 0.25) is 0 Å². The summed E-state index contributed by atoms with van der Waals surface area (Å²) in [4.78, 5) is 52.3. The first-order chi connectivity index (χ1) is 34.2. The smallest absolute Gasteiger partial charge is 0.255 e. The highest BCUT2D eigenvalue weighted by atomic mass is 32.2. The van der Waals surface area contributed by atoms with Crippen LogP contribution in [0.15, 0.2) is 156 Å². The van der Waals surface area contributed by atoms with E-state index in [1.165, 1.54) is 24.3 Å². The Kier molecular flexibility index (Phi) is 18.0. The molecule has 3 aliphatic carbocycles. The average molecular weight is 1020 g/mol. The first kappa shape index (κ1) is 54.2. The molecule has 6 aromatic rings. The molecule has 0 spiro atoms. The van der Waals surface area contributed by atoms with Crippen LogP contribution in [0.1, 0.15) is 97.1 Å². The predicted octanol–water partition coefficient (Wildman–Crippen LogP) is 8.30. The summed E-state index contributed by atoms with van der Waals surface area (Å²) in [5.74, 6) is -0.489. The molecule has 0 radical (unpaired) electrons. The molecule has 0 saturated heterocycles. The van der Waals surface area contributed by atoms with E-state index in [0.29, 0.717) is 61.0 Å². The lowest BCUT2D eigenvalue weighted by Crippen LogP contribution is -2.52. The Labute approximate surface area is 421 Å². The van der Waals surface area contributed by atoms with Crippen LogP contribution in [-0.4, -0.2) is 49.6 Å². The molecule has 3 aliphatic rings. The topological polar surface area (TPSA) is 239 Å². The van der Waals surface area contributed by atoms with Crippen LogP contribution in [0.4, 0.5) is 22.7 Å². The number of nitrogens with one attached hydrogen (secondary N) is 4. The number of carbonyl (C=O) groups is 4. The van der Waals surface area contributed by atoms with Crippen molar-refractivity contribution in [3.63, 3.8) is 0 Å². The van der Waals surface area contributed by atoms with Crippen LogP contribution in [0.3, 0.4) is 0 Å². The molecular formula is C54H60N6O10S2. The van der Waals surface area contributed by atoms with E-state index in [-0.39, 0.29) is 33.4 Å². The van der Waals surface area contributed by atoms with Gasteiger partial charge in [-0.1, -0.05) is 49.2 Å². The zero-order valence-corrected chi connectivity index (χ0v) is 42.4. The number of amides is 4. The molecule has 16 nitrogen and oxygen atoms in total. The van der Waals surface area contributed by atoms with E-state index < -0.39 is 31.1 Å². The molecule has 0 aliphatic heterocycles. The Morgan fingerprint density at radius 1 is 0.444 bits per heavy atom. The summed E-state index contributed by atoms with van der Waals surface area (Å²) in [5.41, 5.74) is 4.57. The van der Waals surface area contributed by atoms with E-state index in [1.807, 2.05) is 62.9 Å². The number of rotatable bonds is 14. The van der Waals surface area contributed by atoms with Crippen LogP contribution in [0, 0.1) is 24.7 Å². The summed E-state index contributed by atoms with van der Waals surface area (Å²) in [6.07, 6.45) is 13.7. The van der Waals surface area contributed by atoms with Crippen molar-refractivity contribution in [2.75, 3.05) is 21.3 Å². The van der Waals surface area contributed by atoms with Crippen molar-refractivity contribution in [1.29, 1.82) is 0 Å². The summed E-state index contributed by atoms with van der Waals surface area (Å²) in [6.45, 7) is 9.72. The Hall–Kier alpha value is -7.12. The third kappa shape index (κ3) is 14.7. The molecule has 3 saturated carbocycles. The third-order valence-electron chi connectivity index (χ3n) is 12.9. The van der Waals surface area contributed by atoms with Gasteiger partial charge in [0.2, 0.25) is 11.8 Å². The number of pyridine rings is 2. The molecule has 3 fully saturated rings. The molecule has 2 aromatic heterocycles. The number of carbonyl (C=O) groups excluding carboxylic acids is 4. The zero-order valence-electron chi connectivity index (χ0n) is 40.7. The average Bonchev–Trinajstić information content (AvgIpc) is 3.36. The van der Waals surface area contributed by atoms with Crippen molar-refractivity contribution in [3.05, 3.63) is 168 Å². The van der Waals surface area contributed by atoms with Gasteiger partial charge >= 0.3 is 0 Å². The van der Waals surface area contributed by atoms with Gasteiger partial charge in [-0.25, -0.2) is 26.0 Å². The number of nitrogens with zero attached hydrogens (tertiary/aromatic N) is 2. The van der Waals surface area contributed by atoms with Gasteiger partial charge in [-0.05, 0) is 125 Å². The molecular weight excluding hydrogens is 957 g/mol.